The molecule has 0 atom stereocenters. The largest absolute Gasteiger partial charge is 0.462 e. The van der Waals surface area contributed by atoms with Crippen molar-refractivity contribution in [2.45, 2.75) is 26.2 Å². The lowest BCUT2D eigenvalue weighted by molar-refractivity contribution is -0.139. The number of hydrogen-bond donors (Lipinski definition) is 0. The third kappa shape index (κ3) is 8.24. The zero-order chi connectivity index (χ0) is 12.4. The van der Waals surface area contributed by atoms with Gasteiger partial charge >= 0.3 is 5.97 Å². The van der Waals surface area contributed by atoms with E-state index in [1.807, 2.05) is 26.2 Å². The number of unbranched alkanes of at least 4 members (excludes halogenated alkanes) is 1. The molecule has 0 fully saturated rings. The van der Waals surface area contributed by atoms with E-state index < -0.39 is 0 Å². The molecule has 92 valence electrons. The summed E-state index contributed by atoms with van der Waals surface area (Å²) in [7, 11) is 4.02. The molecule has 0 rings (SSSR count). The number of allylic oxidation sites excluding steroid dienone is 1. The van der Waals surface area contributed by atoms with Gasteiger partial charge in [0, 0.05) is 12.1 Å². The Hall–Kier alpha value is -1.09. The molecule has 0 N–H and O–H groups in total. The second kappa shape index (κ2) is 9.16. The highest BCUT2D eigenvalue weighted by molar-refractivity contribution is 5.87. The van der Waals surface area contributed by atoms with Gasteiger partial charge in [-0.2, -0.15) is 0 Å². The molecule has 16 heavy (non-hydrogen) atoms. The van der Waals surface area contributed by atoms with E-state index in [4.69, 9.17) is 4.74 Å². The van der Waals surface area contributed by atoms with Gasteiger partial charge < -0.3 is 9.64 Å². The van der Waals surface area contributed by atoms with Gasteiger partial charge in [-0.15, -0.1) is 6.58 Å². The Labute approximate surface area is 98.8 Å². The molecule has 0 bridgehead atoms. The van der Waals surface area contributed by atoms with Crippen LogP contribution >= 0.6 is 0 Å². The van der Waals surface area contributed by atoms with Crippen LogP contribution in [0.5, 0.6) is 0 Å². The summed E-state index contributed by atoms with van der Waals surface area (Å²) >= 11 is 0. The zero-order valence-corrected chi connectivity index (χ0v) is 10.7. The lowest BCUT2D eigenvalue weighted by atomic mass is 10.2. The van der Waals surface area contributed by atoms with E-state index in [2.05, 4.69) is 11.5 Å². The highest BCUT2D eigenvalue weighted by atomic mass is 16.5. The molecule has 0 aliphatic rings. The number of nitrogens with zero attached hydrogens (tertiary/aromatic N) is 1. The third-order valence-electron chi connectivity index (χ3n) is 2.13. The molecule has 0 aromatic carbocycles. The van der Waals surface area contributed by atoms with Crippen LogP contribution in [0.2, 0.25) is 0 Å². The van der Waals surface area contributed by atoms with Crippen molar-refractivity contribution < 1.29 is 9.53 Å². The van der Waals surface area contributed by atoms with Crippen LogP contribution in [-0.2, 0) is 9.53 Å². The summed E-state index contributed by atoms with van der Waals surface area (Å²) in [6.45, 7) is 6.83. The molecule has 3 nitrogen and oxygen atoms in total. The van der Waals surface area contributed by atoms with Gasteiger partial charge in [0.15, 0.2) is 0 Å². The highest BCUT2D eigenvalue weighted by Crippen LogP contribution is 2.01. The summed E-state index contributed by atoms with van der Waals surface area (Å²) in [5.74, 6) is -0.206. The first kappa shape index (κ1) is 14.9. The van der Waals surface area contributed by atoms with Crippen molar-refractivity contribution >= 4 is 5.97 Å². The molecule has 0 aromatic heterocycles. The summed E-state index contributed by atoms with van der Waals surface area (Å²) in [6, 6.07) is 0. The van der Waals surface area contributed by atoms with Gasteiger partial charge in [-0.3, -0.25) is 0 Å². The molecule has 0 aliphatic heterocycles. The first-order chi connectivity index (χ1) is 7.57. The molecule has 0 amide bonds. The van der Waals surface area contributed by atoms with Crippen LogP contribution in [0.1, 0.15) is 26.2 Å². The number of rotatable bonds is 8. The fourth-order valence-electron chi connectivity index (χ4n) is 1.13. The Morgan fingerprint density at radius 1 is 1.38 bits per heavy atom. The third-order valence-corrected chi connectivity index (χ3v) is 2.13. The second-order valence-corrected chi connectivity index (χ2v) is 4.05. The van der Waals surface area contributed by atoms with Crippen molar-refractivity contribution in [3.8, 4) is 0 Å². The highest BCUT2D eigenvalue weighted by Gasteiger charge is 2.04. The summed E-state index contributed by atoms with van der Waals surface area (Å²) < 4.78 is 5.09. The van der Waals surface area contributed by atoms with Gasteiger partial charge in [0.2, 0.25) is 0 Å². The van der Waals surface area contributed by atoms with E-state index in [0.717, 1.165) is 25.8 Å². The van der Waals surface area contributed by atoms with Crippen molar-refractivity contribution in [1.29, 1.82) is 0 Å². The number of hydrogen-bond acceptors (Lipinski definition) is 3. The predicted octanol–water partition coefficient (Wildman–Crippen LogP) is 2.39. The van der Waals surface area contributed by atoms with E-state index in [-0.39, 0.29) is 5.97 Å². The lowest BCUT2D eigenvalue weighted by Crippen LogP contribution is -2.13. The van der Waals surface area contributed by atoms with E-state index in [1.165, 1.54) is 0 Å². The summed E-state index contributed by atoms with van der Waals surface area (Å²) in [5, 5.41) is 0. The average Bonchev–Trinajstić information content (AvgIpc) is 2.23. The minimum absolute atomic E-state index is 0.206. The zero-order valence-electron chi connectivity index (χ0n) is 10.7. The van der Waals surface area contributed by atoms with Crippen LogP contribution in [-0.4, -0.2) is 38.1 Å². The summed E-state index contributed by atoms with van der Waals surface area (Å²) in [6.07, 6.45) is 6.36. The fourth-order valence-corrected chi connectivity index (χ4v) is 1.13. The van der Waals surface area contributed by atoms with Crippen molar-refractivity contribution in [1.82, 2.24) is 4.90 Å². The normalized spacial score (nSPS) is 11.6. The number of carbonyl (C=O) groups is 1. The maximum atomic E-state index is 11.5. The SMILES string of the molecule is C=CCCCOC(=O)C(C)=CCCN(C)C. The van der Waals surface area contributed by atoms with Crippen molar-refractivity contribution in [3.63, 3.8) is 0 Å². The number of esters is 1. The molecule has 0 aromatic rings. The first-order valence-corrected chi connectivity index (χ1v) is 5.67. The van der Waals surface area contributed by atoms with Gasteiger partial charge in [-0.05, 0) is 40.3 Å². The molecule has 3 heteroatoms. The Bertz CT molecular complexity index is 244. The molecule has 0 saturated heterocycles. The molecule has 0 spiro atoms. The minimum atomic E-state index is -0.206. The Balaban J connectivity index is 3.75. The smallest absolute Gasteiger partial charge is 0.333 e. The molecule has 0 aliphatic carbocycles. The molecule has 0 heterocycles. The summed E-state index contributed by atoms with van der Waals surface area (Å²) in [5.41, 5.74) is 0.695. The molecular formula is C13H23NO2. The molecule has 0 unspecified atom stereocenters. The Morgan fingerprint density at radius 2 is 2.06 bits per heavy atom. The van der Waals surface area contributed by atoms with E-state index in [0.29, 0.717) is 12.2 Å². The topological polar surface area (TPSA) is 29.5 Å². The van der Waals surface area contributed by atoms with Gasteiger partial charge in [-0.25, -0.2) is 4.79 Å². The molecule has 0 radical (unpaired) electrons. The van der Waals surface area contributed by atoms with Crippen molar-refractivity contribution in [3.05, 3.63) is 24.3 Å². The van der Waals surface area contributed by atoms with E-state index in [9.17, 15) is 4.79 Å². The van der Waals surface area contributed by atoms with E-state index in [1.54, 1.807) is 6.92 Å². The lowest BCUT2D eigenvalue weighted by Gasteiger charge is -2.07. The van der Waals surface area contributed by atoms with Crippen LogP contribution < -0.4 is 0 Å². The average molecular weight is 225 g/mol. The van der Waals surface area contributed by atoms with Crippen LogP contribution in [0, 0.1) is 0 Å². The summed E-state index contributed by atoms with van der Waals surface area (Å²) in [4.78, 5) is 13.5. The first-order valence-electron chi connectivity index (χ1n) is 5.67. The van der Waals surface area contributed by atoms with Crippen LogP contribution in [0.25, 0.3) is 0 Å². The fraction of sp³-hybridized carbons (Fsp3) is 0.615. The maximum absolute atomic E-state index is 11.5. The molecule has 0 saturated carbocycles. The van der Waals surface area contributed by atoms with Crippen molar-refractivity contribution in [2.24, 2.45) is 0 Å². The Morgan fingerprint density at radius 3 is 2.62 bits per heavy atom. The van der Waals surface area contributed by atoms with Crippen molar-refractivity contribution in [2.75, 3.05) is 27.2 Å². The monoisotopic (exact) mass is 225 g/mol. The number of ether oxygens (including phenoxy) is 1. The Kier molecular flexibility index (Phi) is 8.53. The number of carbonyl (C=O) groups excluding carboxylic acids is 1. The van der Waals surface area contributed by atoms with Gasteiger partial charge in [0.1, 0.15) is 0 Å². The second-order valence-electron chi connectivity index (χ2n) is 4.05. The standard InChI is InChI=1S/C13H23NO2/c1-5-6-7-11-16-13(15)12(2)9-8-10-14(3)4/h5,9H,1,6-8,10-11H2,2-4H3. The van der Waals surface area contributed by atoms with Gasteiger partial charge in [0.25, 0.3) is 0 Å². The van der Waals surface area contributed by atoms with E-state index >= 15 is 0 Å². The van der Waals surface area contributed by atoms with Gasteiger partial charge in [0.05, 0.1) is 6.61 Å². The van der Waals surface area contributed by atoms with Crippen LogP contribution in [0.4, 0.5) is 0 Å². The predicted molar refractivity (Wildman–Crippen MR) is 67.3 cm³/mol. The van der Waals surface area contributed by atoms with Gasteiger partial charge in [-0.1, -0.05) is 12.2 Å². The van der Waals surface area contributed by atoms with Crippen LogP contribution in [0.15, 0.2) is 24.3 Å². The maximum Gasteiger partial charge on any atom is 0.333 e. The molecular weight excluding hydrogens is 202 g/mol. The van der Waals surface area contributed by atoms with Crippen LogP contribution in [0.3, 0.4) is 0 Å². The quantitative estimate of drug-likeness (QED) is 0.275. The minimum Gasteiger partial charge on any atom is -0.462 e.